The largest absolute Gasteiger partial charge is 0.244 e. The standard InChI is InChI=1S/C20H24N2P2/c1-5-13-23(14-6-2)19-20(24(15-7-3)16-8-4)22-18-12-10-9-11-17(18)21-19/h5-12H,1-4,13-16H2. The van der Waals surface area contributed by atoms with Gasteiger partial charge < -0.3 is 0 Å². The van der Waals surface area contributed by atoms with Gasteiger partial charge in [-0.15, -0.1) is 26.3 Å². The molecule has 0 aliphatic rings. The first-order valence-corrected chi connectivity index (χ1v) is 11.4. The normalized spacial score (nSPS) is 10.9. The summed E-state index contributed by atoms with van der Waals surface area (Å²) >= 11 is 0. The highest BCUT2D eigenvalue weighted by Gasteiger charge is 2.22. The Balaban J connectivity index is 2.64. The number of fused-ring (bicyclic) bond motifs is 1. The second kappa shape index (κ2) is 9.62. The van der Waals surface area contributed by atoms with E-state index in [0.29, 0.717) is 0 Å². The van der Waals surface area contributed by atoms with Crippen LogP contribution in [0.25, 0.3) is 11.0 Å². The van der Waals surface area contributed by atoms with Crippen molar-refractivity contribution in [2.75, 3.05) is 24.6 Å². The van der Waals surface area contributed by atoms with Crippen LogP contribution in [-0.4, -0.2) is 34.6 Å². The highest BCUT2D eigenvalue weighted by atomic mass is 31.1. The lowest BCUT2D eigenvalue weighted by atomic mass is 10.3. The number of hydrogen-bond donors (Lipinski definition) is 0. The minimum absolute atomic E-state index is 0.466. The molecule has 0 spiro atoms. The summed E-state index contributed by atoms with van der Waals surface area (Å²) in [6, 6.07) is 8.10. The first-order chi connectivity index (χ1) is 11.7. The number of aromatic nitrogens is 2. The molecular formula is C20H24N2P2. The van der Waals surface area contributed by atoms with Crippen molar-refractivity contribution in [2.24, 2.45) is 0 Å². The predicted octanol–water partition coefficient (Wildman–Crippen LogP) is 4.59. The van der Waals surface area contributed by atoms with E-state index in [-0.39, 0.29) is 0 Å². The van der Waals surface area contributed by atoms with Gasteiger partial charge in [-0.25, -0.2) is 9.97 Å². The van der Waals surface area contributed by atoms with Crippen LogP contribution in [0.3, 0.4) is 0 Å². The van der Waals surface area contributed by atoms with Gasteiger partial charge in [-0.05, 0) is 52.6 Å². The lowest BCUT2D eigenvalue weighted by Crippen LogP contribution is -2.31. The van der Waals surface area contributed by atoms with Crippen molar-refractivity contribution in [1.82, 2.24) is 9.97 Å². The van der Waals surface area contributed by atoms with Crippen LogP contribution < -0.4 is 10.9 Å². The molecule has 0 aliphatic heterocycles. The third-order valence-corrected chi connectivity index (χ3v) is 8.33. The molecule has 0 N–H and O–H groups in total. The zero-order chi connectivity index (χ0) is 17.4. The monoisotopic (exact) mass is 354 g/mol. The number of hydrogen-bond acceptors (Lipinski definition) is 2. The number of benzene rings is 1. The van der Waals surface area contributed by atoms with Crippen LogP contribution in [0.2, 0.25) is 0 Å². The van der Waals surface area contributed by atoms with Crippen LogP contribution in [-0.2, 0) is 0 Å². The molecule has 0 fully saturated rings. The van der Waals surface area contributed by atoms with Crippen LogP contribution >= 0.6 is 15.8 Å². The Labute approximate surface area is 147 Å². The third-order valence-electron chi connectivity index (χ3n) is 3.53. The molecule has 0 saturated carbocycles. The summed E-state index contributed by atoms with van der Waals surface area (Å²) in [6.45, 7) is 15.7. The molecule has 0 atom stereocenters. The van der Waals surface area contributed by atoms with E-state index in [4.69, 9.17) is 9.97 Å². The number of allylic oxidation sites excluding steroid dienone is 4. The maximum absolute atomic E-state index is 5.02. The van der Waals surface area contributed by atoms with Gasteiger partial charge >= 0.3 is 0 Å². The van der Waals surface area contributed by atoms with Crippen molar-refractivity contribution in [2.45, 2.75) is 0 Å². The number of para-hydroxylation sites is 2. The van der Waals surface area contributed by atoms with Crippen molar-refractivity contribution < 1.29 is 0 Å². The summed E-state index contributed by atoms with van der Waals surface area (Å²) in [6.07, 6.45) is 11.7. The Morgan fingerprint density at radius 1 is 0.667 bits per heavy atom. The van der Waals surface area contributed by atoms with E-state index in [9.17, 15) is 0 Å². The van der Waals surface area contributed by atoms with Gasteiger partial charge in [0.05, 0.1) is 21.9 Å². The topological polar surface area (TPSA) is 25.8 Å². The maximum atomic E-state index is 5.02. The molecule has 1 heterocycles. The van der Waals surface area contributed by atoms with Gasteiger partial charge in [0.2, 0.25) is 0 Å². The van der Waals surface area contributed by atoms with Crippen molar-refractivity contribution in [1.29, 1.82) is 0 Å². The molecule has 4 heteroatoms. The van der Waals surface area contributed by atoms with Gasteiger partial charge in [-0.3, -0.25) is 0 Å². The molecule has 1 aromatic carbocycles. The molecule has 0 unspecified atom stereocenters. The van der Waals surface area contributed by atoms with E-state index in [2.05, 4.69) is 26.3 Å². The summed E-state index contributed by atoms with van der Waals surface area (Å²) < 4.78 is 0. The van der Waals surface area contributed by atoms with Crippen LogP contribution in [0.5, 0.6) is 0 Å². The lowest BCUT2D eigenvalue weighted by molar-refractivity contribution is 1.37. The molecule has 2 rings (SSSR count). The van der Waals surface area contributed by atoms with Crippen molar-refractivity contribution in [3.8, 4) is 0 Å². The summed E-state index contributed by atoms with van der Waals surface area (Å²) in [7, 11) is -0.932. The highest BCUT2D eigenvalue weighted by Crippen LogP contribution is 2.39. The predicted molar refractivity (Wildman–Crippen MR) is 113 cm³/mol. The number of rotatable bonds is 10. The zero-order valence-corrected chi connectivity index (χ0v) is 15.9. The fraction of sp³-hybridized carbons (Fsp3) is 0.200. The average molecular weight is 354 g/mol. The van der Waals surface area contributed by atoms with Gasteiger partial charge in [-0.2, -0.15) is 0 Å². The first kappa shape index (κ1) is 18.7. The molecule has 124 valence electrons. The lowest BCUT2D eigenvalue weighted by Gasteiger charge is -2.22. The fourth-order valence-corrected chi connectivity index (χ4v) is 6.77. The minimum Gasteiger partial charge on any atom is -0.244 e. The molecular weight excluding hydrogens is 330 g/mol. The van der Waals surface area contributed by atoms with Crippen molar-refractivity contribution in [3.63, 3.8) is 0 Å². The first-order valence-electron chi connectivity index (χ1n) is 7.95. The van der Waals surface area contributed by atoms with E-state index in [1.807, 2.05) is 48.6 Å². The summed E-state index contributed by atoms with van der Waals surface area (Å²) in [5, 5.41) is 0. The van der Waals surface area contributed by atoms with Gasteiger partial charge in [-0.1, -0.05) is 36.4 Å². The van der Waals surface area contributed by atoms with Gasteiger partial charge in [0.25, 0.3) is 0 Å². The summed E-state index contributed by atoms with van der Waals surface area (Å²) in [4.78, 5) is 10.0. The Kier molecular flexibility index (Phi) is 7.50. The molecule has 0 amide bonds. The van der Waals surface area contributed by atoms with E-state index < -0.39 is 15.8 Å². The van der Waals surface area contributed by atoms with E-state index in [0.717, 1.165) is 46.6 Å². The molecule has 2 aromatic rings. The Bertz CT molecular complexity index is 657. The Hall–Kier alpha value is -1.62. The average Bonchev–Trinajstić information content (AvgIpc) is 2.60. The minimum atomic E-state index is -0.466. The fourth-order valence-electron chi connectivity index (χ4n) is 2.52. The summed E-state index contributed by atoms with van der Waals surface area (Å²) in [5.74, 6) is 0. The molecule has 0 aliphatic carbocycles. The second-order valence-electron chi connectivity index (χ2n) is 5.32. The third kappa shape index (κ3) is 4.47. The van der Waals surface area contributed by atoms with Crippen LogP contribution in [0.4, 0.5) is 0 Å². The molecule has 2 nitrogen and oxygen atoms in total. The van der Waals surface area contributed by atoms with E-state index >= 15 is 0 Å². The summed E-state index contributed by atoms with van der Waals surface area (Å²) in [5.41, 5.74) is 4.23. The molecule has 0 saturated heterocycles. The quantitative estimate of drug-likeness (QED) is 0.461. The van der Waals surface area contributed by atoms with Crippen LogP contribution in [0.1, 0.15) is 0 Å². The maximum Gasteiger partial charge on any atom is 0.0903 e. The smallest absolute Gasteiger partial charge is 0.0903 e. The van der Waals surface area contributed by atoms with Crippen molar-refractivity contribution >= 4 is 37.7 Å². The molecule has 0 radical (unpaired) electrons. The Morgan fingerprint density at radius 2 is 1.00 bits per heavy atom. The molecule has 24 heavy (non-hydrogen) atoms. The highest BCUT2D eigenvalue weighted by molar-refractivity contribution is 7.72. The van der Waals surface area contributed by atoms with Crippen LogP contribution in [0.15, 0.2) is 74.9 Å². The van der Waals surface area contributed by atoms with Gasteiger partial charge in [0.15, 0.2) is 0 Å². The van der Waals surface area contributed by atoms with E-state index in [1.165, 1.54) is 0 Å². The number of nitrogens with zero attached hydrogens (tertiary/aromatic N) is 2. The second-order valence-corrected chi connectivity index (χ2v) is 9.79. The van der Waals surface area contributed by atoms with Gasteiger partial charge in [0, 0.05) is 0 Å². The van der Waals surface area contributed by atoms with Gasteiger partial charge in [0.1, 0.15) is 0 Å². The SMILES string of the molecule is C=CCP(CC=C)c1nc2ccccc2nc1P(CC=C)CC=C. The van der Waals surface area contributed by atoms with Crippen LogP contribution in [0, 0.1) is 0 Å². The molecule has 1 aromatic heterocycles. The zero-order valence-electron chi connectivity index (χ0n) is 14.1. The molecule has 0 bridgehead atoms. The van der Waals surface area contributed by atoms with E-state index in [1.54, 1.807) is 0 Å². The van der Waals surface area contributed by atoms with Crippen molar-refractivity contribution in [3.05, 3.63) is 74.9 Å². The Morgan fingerprint density at radius 3 is 1.29 bits per heavy atom.